The lowest BCUT2D eigenvalue weighted by molar-refractivity contribution is -0.132. The van der Waals surface area contributed by atoms with Gasteiger partial charge in [0.1, 0.15) is 11.6 Å². The van der Waals surface area contributed by atoms with Crippen LogP contribution in [0.15, 0.2) is 24.3 Å². The van der Waals surface area contributed by atoms with Crippen LogP contribution in [0.1, 0.15) is 47.5 Å². The topological polar surface area (TPSA) is 81.7 Å². The van der Waals surface area contributed by atoms with Crippen LogP contribution in [0.5, 0.6) is 0 Å². The van der Waals surface area contributed by atoms with Gasteiger partial charge in [0.25, 0.3) is 0 Å². The molecular formula is C25H32N6O2. The van der Waals surface area contributed by atoms with E-state index in [1.165, 1.54) is 11.1 Å². The summed E-state index contributed by atoms with van der Waals surface area (Å²) in [5, 5.41) is 3.22. The normalized spacial score (nSPS) is 20.4. The second kappa shape index (κ2) is 9.09. The van der Waals surface area contributed by atoms with Crippen molar-refractivity contribution in [2.45, 2.75) is 45.2 Å². The molecule has 1 unspecified atom stereocenters. The van der Waals surface area contributed by atoms with Crippen LogP contribution in [-0.2, 0) is 35.5 Å². The van der Waals surface area contributed by atoms with Gasteiger partial charge in [-0.05, 0) is 30.4 Å². The van der Waals surface area contributed by atoms with Crippen LogP contribution in [-0.4, -0.2) is 76.3 Å². The number of anilines is 1. The van der Waals surface area contributed by atoms with E-state index in [1.807, 2.05) is 16.8 Å². The average molecular weight is 449 g/mol. The number of nitrogens with one attached hydrogen (secondary N) is 1. The van der Waals surface area contributed by atoms with Crippen LogP contribution in [0.4, 0.5) is 5.82 Å². The number of hydrogen-bond donors (Lipinski definition) is 1. The van der Waals surface area contributed by atoms with Gasteiger partial charge in [0.2, 0.25) is 11.8 Å². The molecule has 0 bridgehead atoms. The molecule has 174 valence electrons. The lowest BCUT2D eigenvalue weighted by Gasteiger charge is -2.30. The quantitative estimate of drug-likeness (QED) is 0.768. The van der Waals surface area contributed by atoms with Crippen LogP contribution in [0, 0.1) is 0 Å². The van der Waals surface area contributed by atoms with Gasteiger partial charge in [-0.25, -0.2) is 9.97 Å². The average Bonchev–Trinajstić information content (AvgIpc) is 3.33. The number of carbonyl (C=O) groups excluding carboxylic acids is 2. The largest absolute Gasteiger partial charge is 0.373 e. The molecule has 1 atom stereocenters. The van der Waals surface area contributed by atoms with Crippen LogP contribution >= 0.6 is 0 Å². The van der Waals surface area contributed by atoms with Gasteiger partial charge in [0, 0.05) is 58.2 Å². The number of nitrogens with zero attached hydrogens (tertiary/aromatic N) is 5. The van der Waals surface area contributed by atoms with Gasteiger partial charge in [0.15, 0.2) is 0 Å². The Morgan fingerprint density at radius 2 is 1.85 bits per heavy atom. The lowest BCUT2D eigenvalue weighted by Crippen LogP contribution is -2.41. The molecule has 8 heteroatoms. The molecule has 3 aliphatic rings. The van der Waals surface area contributed by atoms with Crippen molar-refractivity contribution in [3.63, 3.8) is 0 Å². The van der Waals surface area contributed by atoms with Crippen LogP contribution in [0.25, 0.3) is 0 Å². The van der Waals surface area contributed by atoms with E-state index in [0.29, 0.717) is 26.2 Å². The van der Waals surface area contributed by atoms with Crippen molar-refractivity contribution >= 4 is 17.6 Å². The van der Waals surface area contributed by atoms with Gasteiger partial charge in [-0.3, -0.25) is 14.5 Å². The highest BCUT2D eigenvalue weighted by Crippen LogP contribution is 2.30. The molecule has 1 aromatic heterocycles. The third-order valence-corrected chi connectivity index (χ3v) is 7.24. The van der Waals surface area contributed by atoms with E-state index in [9.17, 15) is 9.59 Å². The fraction of sp³-hybridized carbons (Fsp3) is 0.520. The first-order valence-corrected chi connectivity index (χ1v) is 11.9. The van der Waals surface area contributed by atoms with Crippen LogP contribution in [0.2, 0.25) is 0 Å². The number of likely N-dealkylation sites (tertiary alicyclic amines) is 1. The Hall–Kier alpha value is -3.00. The number of amides is 2. The Labute approximate surface area is 195 Å². The van der Waals surface area contributed by atoms with Gasteiger partial charge in [0.05, 0.1) is 18.8 Å². The zero-order valence-corrected chi connectivity index (χ0v) is 19.5. The fourth-order valence-electron chi connectivity index (χ4n) is 5.29. The summed E-state index contributed by atoms with van der Waals surface area (Å²) < 4.78 is 0. The van der Waals surface area contributed by atoms with E-state index in [0.717, 1.165) is 61.8 Å². The zero-order valence-electron chi connectivity index (χ0n) is 19.5. The smallest absolute Gasteiger partial charge is 0.236 e. The van der Waals surface area contributed by atoms with Crippen molar-refractivity contribution in [3.05, 3.63) is 52.5 Å². The Morgan fingerprint density at radius 1 is 1.03 bits per heavy atom. The third kappa shape index (κ3) is 4.44. The molecule has 1 aromatic carbocycles. The summed E-state index contributed by atoms with van der Waals surface area (Å²) in [5.41, 5.74) is 4.77. The predicted molar refractivity (Wildman–Crippen MR) is 126 cm³/mol. The summed E-state index contributed by atoms with van der Waals surface area (Å²) in [7, 11) is 1.88. The maximum Gasteiger partial charge on any atom is 0.236 e. The highest BCUT2D eigenvalue weighted by molar-refractivity contribution is 5.78. The van der Waals surface area contributed by atoms with Crippen molar-refractivity contribution < 1.29 is 9.59 Å². The number of fused-ring (bicyclic) bond motifs is 2. The summed E-state index contributed by atoms with van der Waals surface area (Å²) in [4.78, 5) is 40.7. The third-order valence-electron chi connectivity index (χ3n) is 7.24. The maximum absolute atomic E-state index is 13.1. The molecule has 1 fully saturated rings. The Balaban J connectivity index is 1.25. The number of carbonyl (C=O) groups is 2. The minimum Gasteiger partial charge on any atom is -0.373 e. The van der Waals surface area contributed by atoms with Gasteiger partial charge < -0.3 is 15.1 Å². The minimum absolute atomic E-state index is 0.0739. The number of rotatable bonds is 4. The van der Waals surface area contributed by atoms with E-state index in [2.05, 4.69) is 34.5 Å². The molecule has 0 radical (unpaired) electrons. The maximum atomic E-state index is 13.1. The van der Waals surface area contributed by atoms with E-state index in [-0.39, 0.29) is 17.7 Å². The van der Waals surface area contributed by atoms with E-state index < -0.39 is 0 Å². The standard InChI is InChI=1S/C25H32N6O2/c1-17(32)30-12-9-21-22(15-30)27-24(28-25(21)26-2)20-8-11-31(14-20)23(33)16-29-10-7-18-5-3-4-6-19(18)13-29/h3-6,20H,7-16H2,1-2H3,(H,26,27,28). The molecule has 0 spiro atoms. The van der Waals surface area contributed by atoms with E-state index in [4.69, 9.17) is 9.97 Å². The Bertz CT molecular complexity index is 1070. The second-order valence-electron chi connectivity index (χ2n) is 9.35. The number of hydrogen-bond acceptors (Lipinski definition) is 6. The summed E-state index contributed by atoms with van der Waals surface area (Å²) in [6, 6.07) is 8.51. The first-order valence-electron chi connectivity index (χ1n) is 11.9. The predicted octanol–water partition coefficient (Wildman–Crippen LogP) is 1.80. The number of aromatic nitrogens is 2. The van der Waals surface area contributed by atoms with E-state index in [1.54, 1.807) is 6.92 Å². The monoisotopic (exact) mass is 448 g/mol. The molecule has 5 rings (SSSR count). The van der Waals surface area contributed by atoms with Gasteiger partial charge in [-0.15, -0.1) is 0 Å². The molecule has 1 N–H and O–H groups in total. The SMILES string of the molecule is CNc1nc(C2CCN(C(=O)CN3CCc4ccccc4C3)C2)nc2c1CCN(C(C)=O)C2. The van der Waals surface area contributed by atoms with Crippen LogP contribution < -0.4 is 5.32 Å². The zero-order chi connectivity index (χ0) is 22.9. The number of benzene rings is 1. The van der Waals surface area contributed by atoms with Crippen molar-refractivity contribution in [1.82, 2.24) is 24.7 Å². The van der Waals surface area contributed by atoms with Crippen molar-refractivity contribution in [2.24, 2.45) is 0 Å². The molecule has 33 heavy (non-hydrogen) atoms. The Kier molecular flexibility index (Phi) is 6.01. The summed E-state index contributed by atoms with van der Waals surface area (Å²) in [6.45, 7) is 6.45. The fourth-order valence-corrected chi connectivity index (χ4v) is 5.29. The molecular weight excluding hydrogens is 416 g/mol. The first kappa shape index (κ1) is 21.8. The molecule has 3 aliphatic heterocycles. The van der Waals surface area contributed by atoms with Crippen molar-refractivity contribution in [1.29, 1.82) is 0 Å². The van der Waals surface area contributed by atoms with Gasteiger partial charge >= 0.3 is 0 Å². The first-order chi connectivity index (χ1) is 16.0. The van der Waals surface area contributed by atoms with Crippen molar-refractivity contribution in [3.8, 4) is 0 Å². The lowest BCUT2D eigenvalue weighted by atomic mass is 10.00. The molecule has 0 aliphatic carbocycles. The second-order valence-corrected chi connectivity index (χ2v) is 9.35. The summed E-state index contributed by atoms with van der Waals surface area (Å²) in [5.74, 6) is 2.03. The Morgan fingerprint density at radius 3 is 2.64 bits per heavy atom. The molecule has 8 nitrogen and oxygen atoms in total. The van der Waals surface area contributed by atoms with E-state index >= 15 is 0 Å². The molecule has 2 aromatic rings. The summed E-state index contributed by atoms with van der Waals surface area (Å²) >= 11 is 0. The van der Waals surface area contributed by atoms with Gasteiger partial charge in [-0.1, -0.05) is 24.3 Å². The van der Waals surface area contributed by atoms with Crippen molar-refractivity contribution in [2.75, 3.05) is 45.1 Å². The molecule has 4 heterocycles. The van der Waals surface area contributed by atoms with Crippen LogP contribution in [0.3, 0.4) is 0 Å². The summed E-state index contributed by atoms with van der Waals surface area (Å²) in [6.07, 6.45) is 2.63. The minimum atomic E-state index is 0.0739. The highest BCUT2D eigenvalue weighted by Gasteiger charge is 2.32. The molecule has 1 saturated heterocycles. The molecule has 0 saturated carbocycles. The highest BCUT2D eigenvalue weighted by atomic mass is 16.2. The molecule has 2 amide bonds. The van der Waals surface area contributed by atoms with Gasteiger partial charge in [-0.2, -0.15) is 0 Å².